The van der Waals surface area contributed by atoms with E-state index < -0.39 is 9.84 Å². The van der Waals surface area contributed by atoms with Crippen molar-refractivity contribution < 1.29 is 8.42 Å². The summed E-state index contributed by atoms with van der Waals surface area (Å²) < 4.78 is 24.2. The Kier molecular flexibility index (Phi) is 3.44. The standard InChI is InChI=1S/C17H15NO2S/c1-2-13-6-5-7-14(12-13)18-16-10-11-21(19,20)17-9-4-3-8-15(16)17/h1,3-9,12,16,18H,10-11H2. The summed E-state index contributed by atoms with van der Waals surface area (Å²) in [6, 6.07) is 14.7. The van der Waals surface area contributed by atoms with Gasteiger partial charge in [-0.25, -0.2) is 8.42 Å². The number of hydrogen-bond acceptors (Lipinski definition) is 3. The van der Waals surface area contributed by atoms with Crippen molar-refractivity contribution in [3.8, 4) is 12.3 Å². The molecule has 1 aliphatic rings. The molecule has 0 aromatic heterocycles. The molecule has 106 valence electrons. The first-order valence-corrected chi connectivity index (χ1v) is 8.40. The Bertz CT molecular complexity index is 819. The lowest BCUT2D eigenvalue weighted by molar-refractivity contribution is 0.576. The molecule has 1 aliphatic heterocycles. The molecule has 2 aromatic carbocycles. The van der Waals surface area contributed by atoms with E-state index in [9.17, 15) is 8.42 Å². The van der Waals surface area contributed by atoms with Crippen molar-refractivity contribution in [2.24, 2.45) is 0 Å². The molecule has 0 amide bonds. The fourth-order valence-electron chi connectivity index (χ4n) is 2.64. The Morgan fingerprint density at radius 1 is 1.14 bits per heavy atom. The molecule has 1 heterocycles. The lowest BCUT2D eigenvalue weighted by Gasteiger charge is -2.27. The number of sulfone groups is 1. The average molecular weight is 297 g/mol. The lowest BCUT2D eigenvalue weighted by Crippen LogP contribution is -2.24. The van der Waals surface area contributed by atoms with Gasteiger partial charge >= 0.3 is 0 Å². The number of rotatable bonds is 2. The van der Waals surface area contributed by atoms with Crippen molar-refractivity contribution in [1.82, 2.24) is 0 Å². The molecule has 0 saturated carbocycles. The highest BCUT2D eigenvalue weighted by molar-refractivity contribution is 7.91. The summed E-state index contributed by atoms with van der Waals surface area (Å²) in [6.07, 6.45) is 5.96. The number of hydrogen-bond donors (Lipinski definition) is 1. The molecule has 0 radical (unpaired) electrons. The van der Waals surface area contributed by atoms with Crippen LogP contribution in [-0.2, 0) is 9.84 Å². The monoisotopic (exact) mass is 297 g/mol. The molecule has 0 aliphatic carbocycles. The van der Waals surface area contributed by atoms with Crippen molar-refractivity contribution in [1.29, 1.82) is 0 Å². The number of terminal acetylenes is 1. The first-order chi connectivity index (χ1) is 10.1. The Hall–Kier alpha value is -2.25. The maximum Gasteiger partial charge on any atom is 0.178 e. The predicted octanol–water partition coefficient (Wildman–Crippen LogP) is 3.00. The zero-order valence-electron chi connectivity index (χ0n) is 11.4. The Morgan fingerprint density at radius 3 is 2.76 bits per heavy atom. The molecule has 0 fully saturated rings. The van der Waals surface area contributed by atoms with Crippen LogP contribution >= 0.6 is 0 Å². The molecule has 2 aromatic rings. The third-order valence-corrected chi connectivity index (χ3v) is 5.49. The smallest absolute Gasteiger partial charge is 0.178 e. The van der Waals surface area contributed by atoms with Gasteiger partial charge in [-0.05, 0) is 36.2 Å². The third kappa shape index (κ3) is 2.65. The summed E-state index contributed by atoms with van der Waals surface area (Å²) in [5.41, 5.74) is 2.54. The second-order valence-electron chi connectivity index (χ2n) is 5.07. The average Bonchev–Trinajstić information content (AvgIpc) is 2.51. The quantitative estimate of drug-likeness (QED) is 0.867. The van der Waals surface area contributed by atoms with E-state index in [1.807, 2.05) is 36.4 Å². The van der Waals surface area contributed by atoms with Crippen molar-refractivity contribution in [2.45, 2.75) is 17.4 Å². The van der Waals surface area contributed by atoms with Crippen LogP contribution < -0.4 is 5.32 Å². The second-order valence-corrected chi connectivity index (χ2v) is 7.15. The van der Waals surface area contributed by atoms with Crippen LogP contribution in [0.2, 0.25) is 0 Å². The Balaban J connectivity index is 1.96. The van der Waals surface area contributed by atoms with E-state index in [2.05, 4.69) is 11.2 Å². The zero-order valence-corrected chi connectivity index (χ0v) is 12.2. The van der Waals surface area contributed by atoms with Gasteiger partial charge in [-0.15, -0.1) is 6.42 Å². The molecule has 0 bridgehead atoms. The normalized spacial score (nSPS) is 19.3. The van der Waals surface area contributed by atoms with Crippen LogP contribution in [0.5, 0.6) is 0 Å². The fourth-order valence-corrected chi connectivity index (χ4v) is 4.26. The maximum atomic E-state index is 12.1. The summed E-state index contributed by atoms with van der Waals surface area (Å²) in [7, 11) is -3.15. The first kappa shape index (κ1) is 13.7. The van der Waals surface area contributed by atoms with Gasteiger partial charge in [0.25, 0.3) is 0 Å². The van der Waals surface area contributed by atoms with E-state index in [1.54, 1.807) is 12.1 Å². The van der Waals surface area contributed by atoms with Crippen LogP contribution in [0.1, 0.15) is 23.6 Å². The van der Waals surface area contributed by atoms with Crippen LogP contribution in [0.4, 0.5) is 5.69 Å². The van der Waals surface area contributed by atoms with E-state index in [0.717, 1.165) is 16.8 Å². The highest BCUT2D eigenvalue weighted by Gasteiger charge is 2.29. The van der Waals surface area contributed by atoms with Gasteiger partial charge in [-0.1, -0.05) is 30.2 Å². The van der Waals surface area contributed by atoms with Crippen LogP contribution in [0.25, 0.3) is 0 Å². The molecule has 0 spiro atoms. The highest BCUT2D eigenvalue weighted by atomic mass is 32.2. The highest BCUT2D eigenvalue weighted by Crippen LogP contribution is 2.34. The number of nitrogens with one attached hydrogen (secondary N) is 1. The zero-order chi connectivity index (χ0) is 14.9. The van der Waals surface area contributed by atoms with Crippen molar-refractivity contribution in [2.75, 3.05) is 11.1 Å². The van der Waals surface area contributed by atoms with E-state index in [1.165, 1.54) is 0 Å². The fraction of sp³-hybridized carbons (Fsp3) is 0.176. The van der Waals surface area contributed by atoms with Gasteiger partial charge in [0.1, 0.15) is 0 Å². The van der Waals surface area contributed by atoms with Crippen LogP contribution in [0, 0.1) is 12.3 Å². The topological polar surface area (TPSA) is 46.2 Å². The Labute approximate surface area is 124 Å². The molecular weight excluding hydrogens is 282 g/mol. The number of fused-ring (bicyclic) bond motifs is 1. The molecule has 1 atom stereocenters. The second kappa shape index (κ2) is 5.27. The molecule has 4 heteroatoms. The van der Waals surface area contributed by atoms with Crippen molar-refractivity contribution >= 4 is 15.5 Å². The first-order valence-electron chi connectivity index (χ1n) is 6.75. The molecule has 0 saturated heterocycles. The summed E-state index contributed by atoms with van der Waals surface area (Å²) >= 11 is 0. The molecule has 1 N–H and O–H groups in total. The van der Waals surface area contributed by atoms with E-state index in [0.29, 0.717) is 11.3 Å². The molecule has 1 unspecified atom stereocenters. The SMILES string of the molecule is C#Cc1cccc(NC2CCS(=O)(=O)c3ccccc32)c1. The summed E-state index contributed by atoms with van der Waals surface area (Å²) in [6.45, 7) is 0. The summed E-state index contributed by atoms with van der Waals surface area (Å²) in [5.74, 6) is 2.76. The Morgan fingerprint density at radius 2 is 1.95 bits per heavy atom. The predicted molar refractivity (Wildman–Crippen MR) is 83.9 cm³/mol. The maximum absolute atomic E-state index is 12.1. The minimum absolute atomic E-state index is 0.0160. The van der Waals surface area contributed by atoms with Gasteiger partial charge in [0, 0.05) is 11.3 Å². The van der Waals surface area contributed by atoms with Gasteiger partial charge in [0.2, 0.25) is 0 Å². The van der Waals surface area contributed by atoms with Gasteiger partial charge < -0.3 is 5.32 Å². The minimum Gasteiger partial charge on any atom is -0.378 e. The van der Waals surface area contributed by atoms with E-state index in [4.69, 9.17) is 6.42 Å². The van der Waals surface area contributed by atoms with Crippen LogP contribution in [0.3, 0.4) is 0 Å². The van der Waals surface area contributed by atoms with Gasteiger partial charge in [-0.3, -0.25) is 0 Å². The van der Waals surface area contributed by atoms with E-state index in [-0.39, 0.29) is 11.8 Å². The molecule has 3 rings (SSSR count). The third-order valence-electron chi connectivity index (χ3n) is 3.67. The molecule has 3 nitrogen and oxygen atoms in total. The van der Waals surface area contributed by atoms with Gasteiger partial charge in [0.15, 0.2) is 9.84 Å². The van der Waals surface area contributed by atoms with E-state index >= 15 is 0 Å². The number of benzene rings is 2. The molecular formula is C17H15NO2S. The van der Waals surface area contributed by atoms with Crippen LogP contribution in [-0.4, -0.2) is 14.2 Å². The van der Waals surface area contributed by atoms with Crippen LogP contribution in [0.15, 0.2) is 53.4 Å². The molecule has 21 heavy (non-hydrogen) atoms. The van der Waals surface area contributed by atoms with Gasteiger partial charge in [-0.2, -0.15) is 0 Å². The largest absolute Gasteiger partial charge is 0.378 e. The summed E-state index contributed by atoms with van der Waals surface area (Å²) in [4.78, 5) is 0.432. The van der Waals surface area contributed by atoms with Gasteiger partial charge in [0.05, 0.1) is 16.7 Å². The van der Waals surface area contributed by atoms with Crippen molar-refractivity contribution in [3.05, 3.63) is 59.7 Å². The lowest BCUT2D eigenvalue weighted by atomic mass is 10.0. The minimum atomic E-state index is -3.15. The van der Waals surface area contributed by atoms with Crippen molar-refractivity contribution in [3.63, 3.8) is 0 Å². The number of anilines is 1. The summed E-state index contributed by atoms with van der Waals surface area (Å²) in [5, 5.41) is 3.39.